The van der Waals surface area contributed by atoms with Gasteiger partial charge in [0.15, 0.2) is 0 Å². The van der Waals surface area contributed by atoms with Crippen LogP contribution in [0.2, 0.25) is 5.02 Å². The van der Waals surface area contributed by atoms with Gasteiger partial charge in [0.05, 0.1) is 0 Å². The van der Waals surface area contributed by atoms with Gasteiger partial charge in [0.1, 0.15) is 6.61 Å². The van der Waals surface area contributed by atoms with Crippen LogP contribution in [0.3, 0.4) is 0 Å². The maximum atomic E-state index is 10.8. The molecule has 88 valence electrons. The molecule has 0 bridgehead atoms. The maximum absolute atomic E-state index is 10.8. The minimum absolute atomic E-state index is 0.172. The smallest absolute Gasteiger partial charge is 0.406 e. The van der Waals surface area contributed by atoms with Gasteiger partial charge >= 0.3 is 6.09 Å². The van der Waals surface area contributed by atoms with E-state index in [4.69, 9.17) is 22.1 Å². The van der Waals surface area contributed by atoms with Crippen molar-refractivity contribution in [2.24, 2.45) is 5.73 Å². The highest BCUT2D eigenvalue weighted by atomic mass is 35.5. The van der Waals surface area contributed by atoms with Gasteiger partial charge in [0, 0.05) is 18.1 Å². The zero-order valence-electron chi connectivity index (χ0n) is 9.07. The minimum Gasteiger partial charge on any atom is -0.448 e. The number of carbonyl (C=O) groups is 1. The Bertz CT molecular complexity index is 358. The fourth-order valence-corrected chi connectivity index (χ4v) is 1.47. The highest BCUT2D eigenvalue weighted by Gasteiger charge is 2.09. The van der Waals surface area contributed by atoms with Crippen molar-refractivity contribution < 1.29 is 9.53 Å². The first-order valence-corrected chi connectivity index (χ1v) is 5.34. The predicted molar refractivity (Wildman–Crippen MR) is 63.5 cm³/mol. The van der Waals surface area contributed by atoms with Gasteiger partial charge in [0.25, 0.3) is 0 Å². The van der Waals surface area contributed by atoms with Crippen molar-refractivity contribution >= 4 is 17.7 Å². The van der Waals surface area contributed by atoms with Crippen LogP contribution in [0.1, 0.15) is 5.56 Å². The lowest BCUT2D eigenvalue weighted by molar-refractivity contribution is 0.141. The molecule has 0 saturated heterocycles. The number of nitrogens with two attached hydrogens (primary N) is 1. The quantitative estimate of drug-likeness (QED) is 0.842. The zero-order valence-corrected chi connectivity index (χ0v) is 9.83. The Balaban J connectivity index is 2.43. The molecule has 1 rings (SSSR count). The van der Waals surface area contributed by atoms with Gasteiger partial charge in [-0.3, -0.25) is 0 Å². The molecule has 0 heterocycles. The van der Waals surface area contributed by atoms with Crippen LogP contribution < -0.4 is 11.1 Å². The average Bonchev–Trinajstić information content (AvgIpc) is 2.29. The lowest BCUT2D eigenvalue weighted by atomic mass is 10.1. The topological polar surface area (TPSA) is 64.3 Å². The molecule has 0 fully saturated rings. The molecule has 0 aliphatic heterocycles. The molecular weight excluding hydrogens is 228 g/mol. The number of halogens is 1. The Hall–Kier alpha value is -1.26. The monoisotopic (exact) mass is 242 g/mol. The Morgan fingerprint density at radius 3 is 2.88 bits per heavy atom. The van der Waals surface area contributed by atoms with Crippen molar-refractivity contribution in [2.75, 3.05) is 13.7 Å². The third kappa shape index (κ3) is 4.08. The summed E-state index contributed by atoms with van der Waals surface area (Å²) in [5.74, 6) is 0. The van der Waals surface area contributed by atoms with Crippen molar-refractivity contribution in [3.05, 3.63) is 34.9 Å². The lowest BCUT2D eigenvalue weighted by Crippen LogP contribution is -2.32. The summed E-state index contributed by atoms with van der Waals surface area (Å²) >= 11 is 5.98. The number of ether oxygens (including phenoxy) is 1. The van der Waals surface area contributed by atoms with Crippen LogP contribution in [0.25, 0.3) is 0 Å². The van der Waals surface area contributed by atoms with Gasteiger partial charge in [-0.05, 0) is 18.1 Å². The van der Waals surface area contributed by atoms with E-state index < -0.39 is 6.09 Å². The highest BCUT2D eigenvalue weighted by molar-refractivity contribution is 6.31. The lowest BCUT2D eigenvalue weighted by Gasteiger charge is -2.12. The SMILES string of the molecule is CNC(=O)OCC(N)Cc1ccccc1Cl. The molecule has 1 aromatic carbocycles. The molecule has 16 heavy (non-hydrogen) atoms. The standard InChI is InChI=1S/C11H15ClN2O2/c1-14-11(15)16-7-9(13)6-8-4-2-3-5-10(8)12/h2-5,9H,6-7,13H2,1H3,(H,14,15). The second kappa shape index (κ2) is 6.35. The van der Waals surface area contributed by atoms with Gasteiger partial charge in [0.2, 0.25) is 0 Å². The first kappa shape index (κ1) is 12.8. The number of hydrogen-bond acceptors (Lipinski definition) is 3. The number of nitrogens with one attached hydrogen (secondary N) is 1. The largest absolute Gasteiger partial charge is 0.448 e. The Labute approximate surface area is 99.7 Å². The third-order valence-electron chi connectivity index (χ3n) is 2.07. The zero-order chi connectivity index (χ0) is 12.0. The van der Waals surface area contributed by atoms with Gasteiger partial charge in [-0.1, -0.05) is 29.8 Å². The van der Waals surface area contributed by atoms with Crippen LogP contribution >= 0.6 is 11.6 Å². The van der Waals surface area contributed by atoms with Gasteiger partial charge < -0.3 is 15.8 Å². The van der Waals surface area contributed by atoms with E-state index >= 15 is 0 Å². The molecular formula is C11H15ClN2O2. The fourth-order valence-electron chi connectivity index (χ4n) is 1.26. The van der Waals surface area contributed by atoms with Gasteiger partial charge in [-0.25, -0.2) is 4.79 Å². The second-order valence-corrected chi connectivity index (χ2v) is 3.81. The molecule has 0 radical (unpaired) electrons. The van der Waals surface area contributed by atoms with Crippen molar-refractivity contribution in [3.63, 3.8) is 0 Å². The number of amides is 1. The van der Waals surface area contributed by atoms with Crippen molar-refractivity contribution in [3.8, 4) is 0 Å². The summed E-state index contributed by atoms with van der Waals surface area (Å²) in [6.07, 6.45) is 0.103. The van der Waals surface area contributed by atoms with E-state index in [-0.39, 0.29) is 12.6 Å². The van der Waals surface area contributed by atoms with Crippen LogP contribution in [0, 0.1) is 0 Å². The van der Waals surface area contributed by atoms with Crippen molar-refractivity contribution in [1.82, 2.24) is 5.32 Å². The molecule has 0 aliphatic carbocycles. The van der Waals surface area contributed by atoms with E-state index in [0.717, 1.165) is 5.56 Å². The van der Waals surface area contributed by atoms with E-state index in [2.05, 4.69) is 5.32 Å². The summed E-state index contributed by atoms with van der Waals surface area (Å²) in [6, 6.07) is 7.22. The van der Waals surface area contributed by atoms with Crippen LogP contribution in [0.15, 0.2) is 24.3 Å². The van der Waals surface area contributed by atoms with Gasteiger partial charge in [-0.2, -0.15) is 0 Å². The molecule has 1 aromatic rings. The molecule has 1 amide bonds. The summed E-state index contributed by atoms with van der Waals surface area (Å²) in [4.78, 5) is 10.8. The summed E-state index contributed by atoms with van der Waals surface area (Å²) in [5, 5.41) is 3.03. The Morgan fingerprint density at radius 1 is 1.56 bits per heavy atom. The Morgan fingerprint density at radius 2 is 2.25 bits per heavy atom. The summed E-state index contributed by atoms with van der Waals surface area (Å²) in [5.41, 5.74) is 6.77. The molecule has 3 N–H and O–H groups in total. The van der Waals surface area contributed by atoms with Gasteiger partial charge in [-0.15, -0.1) is 0 Å². The predicted octanol–water partition coefficient (Wildman–Crippen LogP) is 1.57. The molecule has 0 saturated carbocycles. The molecule has 1 unspecified atom stereocenters. The average molecular weight is 243 g/mol. The number of alkyl carbamates (subject to hydrolysis) is 1. The number of hydrogen-bond donors (Lipinski definition) is 2. The number of carbonyl (C=O) groups excluding carboxylic acids is 1. The van der Waals surface area contributed by atoms with Crippen LogP contribution in [-0.2, 0) is 11.2 Å². The third-order valence-corrected chi connectivity index (χ3v) is 2.44. The first-order valence-electron chi connectivity index (χ1n) is 4.97. The van der Waals surface area contributed by atoms with Crippen LogP contribution in [0.5, 0.6) is 0 Å². The summed E-state index contributed by atoms with van der Waals surface area (Å²) < 4.78 is 4.85. The van der Waals surface area contributed by atoms with Crippen molar-refractivity contribution in [1.29, 1.82) is 0 Å². The molecule has 0 aliphatic rings. The summed E-state index contributed by atoms with van der Waals surface area (Å²) in [7, 11) is 1.50. The maximum Gasteiger partial charge on any atom is 0.406 e. The first-order chi connectivity index (χ1) is 7.63. The molecule has 0 spiro atoms. The molecule has 1 atom stereocenters. The second-order valence-electron chi connectivity index (χ2n) is 3.40. The molecule has 5 heteroatoms. The van der Waals surface area contributed by atoms with Crippen LogP contribution in [-0.4, -0.2) is 25.8 Å². The Kier molecular flexibility index (Phi) is 5.08. The highest BCUT2D eigenvalue weighted by Crippen LogP contribution is 2.16. The molecule has 4 nitrogen and oxygen atoms in total. The van der Waals surface area contributed by atoms with E-state index in [0.29, 0.717) is 11.4 Å². The van der Waals surface area contributed by atoms with E-state index in [1.807, 2.05) is 24.3 Å². The van der Waals surface area contributed by atoms with E-state index in [9.17, 15) is 4.79 Å². The van der Waals surface area contributed by atoms with Crippen molar-refractivity contribution in [2.45, 2.75) is 12.5 Å². The van der Waals surface area contributed by atoms with E-state index in [1.54, 1.807) is 0 Å². The molecule has 0 aromatic heterocycles. The fraction of sp³-hybridized carbons (Fsp3) is 0.364. The number of rotatable bonds is 4. The summed E-state index contributed by atoms with van der Waals surface area (Å²) in [6.45, 7) is 0.172. The minimum atomic E-state index is -0.477. The van der Waals surface area contributed by atoms with Crippen LogP contribution in [0.4, 0.5) is 4.79 Å². The normalized spacial score (nSPS) is 11.9. The number of benzene rings is 1. The van der Waals surface area contributed by atoms with E-state index in [1.165, 1.54) is 7.05 Å².